The minimum atomic E-state index is -0.577. The number of carbonyl (C=O) groups excluding carboxylic acids is 2. The van der Waals surface area contributed by atoms with E-state index in [1.165, 1.54) is 17.0 Å². The summed E-state index contributed by atoms with van der Waals surface area (Å²) in [5, 5.41) is 6.24. The van der Waals surface area contributed by atoms with Crippen molar-refractivity contribution in [2.24, 2.45) is 0 Å². The molecule has 0 aliphatic carbocycles. The van der Waals surface area contributed by atoms with Gasteiger partial charge < -0.3 is 15.5 Å². The number of benzene rings is 2. The highest BCUT2D eigenvalue weighted by molar-refractivity contribution is 6.34. The molecule has 0 saturated carbocycles. The summed E-state index contributed by atoms with van der Waals surface area (Å²) in [6, 6.07) is 14.4. The van der Waals surface area contributed by atoms with Crippen molar-refractivity contribution in [3.63, 3.8) is 0 Å². The van der Waals surface area contributed by atoms with Gasteiger partial charge in [-0.25, -0.2) is 4.39 Å². The normalized spacial score (nSPS) is 18.9. The number of halogens is 1. The van der Waals surface area contributed by atoms with E-state index in [0.29, 0.717) is 6.42 Å². The SMILES string of the molecule is CN(C)C(=O)C(=O)N[C@H]1CCN[C@H]1Cc1cccc(-c2cccc(F)c2)c1. The molecule has 1 saturated heterocycles. The van der Waals surface area contributed by atoms with Gasteiger partial charge in [0.25, 0.3) is 0 Å². The van der Waals surface area contributed by atoms with Gasteiger partial charge in [0.1, 0.15) is 5.82 Å². The quantitative estimate of drug-likeness (QED) is 0.810. The molecule has 0 bridgehead atoms. The first-order valence-electron chi connectivity index (χ1n) is 9.04. The van der Waals surface area contributed by atoms with Crippen molar-refractivity contribution in [2.75, 3.05) is 20.6 Å². The van der Waals surface area contributed by atoms with Crippen molar-refractivity contribution in [1.82, 2.24) is 15.5 Å². The van der Waals surface area contributed by atoms with Crippen LogP contribution in [0.3, 0.4) is 0 Å². The Morgan fingerprint density at radius 2 is 1.85 bits per heavy atom. The van der Waals surface area contributed by atoms with E-state index >= 15 is 0 Å². The highest BCUT2D eigenvalue weighted by atomic mass is 19.1. The fourth-order valence-electron chi connectivity index (χ4n) is 3.39. The van der Waals surface area contributed by atoms with Crippen molar-refractivity contribution >= 4 is 11.8 Å². The fraction of sp³-hybridized carbons (Fsp3) is 0.333. The third kappa shape index (κ3) is 4.71. The van der Waals surface area contributed by atoms with E-state index in [0.717, 1.165) is 29.7 Å². The Hall–Kier alpha value is -2.73. The van der Waals surface area contributed by atoms with E-state index in [1.54, 1.807) is 20.2 Å². The lowest BCUT2D eigenvalue weighted by Gasteiger charge is -2.22. The minimum Gasteiger partial charge on any atom is -0.343 e. The van der Waals surface area contributed by atoms with E-state index in [-0.39, 0.29) is 17.9 Å². The molecule has 27 heavy (non-hydrogen) atoms. The summed E-state index contributed by atoms with van der Waals surface area (Å²) in [5.74, 6) is -1.38. The maximum absolute atomic E-state index is 13.5. The zero-order valence-electron chi connectivity index (χ0n) is 15.5. The van der Waals surface area contributed by atoms with Crippen LogP contribution in [0.5, 0.6) is 0 Å². The third-order valence-corrected chi connectivity index (χ3v) is 4.81. The summed E-state index contributed by atoms with van der Waals surface area (Å²) in [4.78, 5) is 25.1. The molecule has 2 amide bonds. The van der Waals surface area contributed by atoms with Crippen LogP contribution in [0.25, 0.3) is 11.1 Å². The second-order valence-electron chi connectivity index (χ2n) is 7.04. The molecule has 0 radical (unpaired) electrons. The zero-order chi connectivity index (χ0) is 19.4. The molecule has 5 nitrogen and oxygen atoms in total. The number of rotatable bonds is 4. The van der Waals surface area contributed by atoms with Gasteiger partial charge in [-0.3, -0.25) is 9.59 Å². The van der Waals surface area contributed by atoms with Crippen LogP contribution in [-0.4, -0.2) is 49.4 Å². The average molecular weight is 369 g/mol. The van der Waals surface area contributed by atoms with Crippen LogP contribution in [0.15, 0.2) is 48.5 Å². The molecule has 142 valence electrons. The van der Waals surface area contributed by atoms with Crippen LogP contribution in [0.1, 0.15) is 12.0 Å². The molecule has 0 unspecified atom stereocenters. The molecule has 1 heterocycles. The monoisotopic (exact) mass is 369 g/mol. The Morgan fingerprint density at radius 3 is 2.56 bits per heavy atom. The van der Waals surface area contributed by atoms with Gasteiger partial charge in [-0.15, -0.1) is 0 Å². The second kappa shape index (κ2) is 8.31. The maximum atomic E-state index is 13.5. The first-order chi connectivity index (χ1) is 12.9. The summed E-state index contributed by atoms with van der Waals surface area (Å²) in [6.07, 6.45) is 1.49. The molecule has 6 heteroatoms. The Morgan fingerprint density at radius 1 is 1.15 bits per heavy atom. The van der Waals surface area contributed by atoms with E-state index in [4.69, 9.17) is 0 Å². The summed E-state index contributed by atoms with van der Waals surface area (Å²) < 4.78 is 13.5. The standard InChI is InChI=1S/C21H24FN3O2/c1-25(2)21(27)20(26)24-18-9-10-23-19(18)12-14-5-3-6-15(11-14)16-7-4-8-17(22)13-16/h3-8,11,13,18-19,23H,9-10,12H2,1-2H3,(H,24,26)/t18-,19-/m0/s1. The highest BCUT2D eigenvalue weighted by Gasteiger charge is 2.30. The first-order valence-corrected chi connectivity index (χ1v) is 9.04. The number of amides is 2. The van der Waals surface area contributed by atoms with Crippen molar-refractivity contribution < 1.29 is 14.0 Å². The van der Waals surface area contributed by atoms with Gasteiger partial charge in [0.15, 0.2) is 0 Å². The molecule has 0 aromatic heterocycles. The smallest absolute Gasteiger partial charge is 0.311 e. The van der Waals surface area contributed by atoms with Gasteiger partial charge in [0.2, 0.25) is 0 Å². The Balaban J connectivity index is 1.70. The molecule has 0 spiro atoms. The molecule has 2 atom stereocenters. The number of hydrogen-bond donors (Lipinski definition) is 2. The zero-order valence-corrected chi connectivity index (χ0v) is 15.5. The molecule has 3 rings (SSSR count). The molecule has 1 aliphatic heterocycles. The molecule has 1 aliphatic rings. The molecule has 2 N–H and O–H groups in total. The predicted octanol–water partition coefficient (Wildman–Crippen LogP) is 1.97. The topological polar surface area (TPSA) is 61.4 Å². The lowest BCUT2D eigenvalue weighted by atomic mass is 9.97. The summed E-state index contributed by atoms with van der Waals surface area (Å²) >= 11 is 0. The van der Waals surface area contributed by atoms with E-state index in [9.17, 15) is 14.0 Å². The molecule has 2 aromatic rings. The van der Waals surface area contributed by atoms with Gasteiger partial charge in [0, 0.05) is 26.2 Å². The van der Waals surface area contributed by atoms with E-state index in [1.807, 2.05) is 30.3 Å². The van der Waals surface area contributed by atoms with Crippen molar-refractivity contribution in [3.8, 4) is 11.1 Å². The number of hydrogen-bond acceptors (Lipinski definition) is 3. The van der Waals surface area contributed by atoms with Crippen LogP contribution in [-0.2, 0) is 16.0 Å². The summed E-state index contributed by atoms with van der Waals surface area (Å²) in [7, 11) is 3.12. The van der Waals surface area contributed by atoms with E-state index in [2.05, 4.69) is 10.6 Å². The second-order valence-corrected chi connectivity index (χ2v) is 7.04. The Kier molecular flexibility index (Phi) is 5.86. The number of nitrogens with zero attached hydrogens (tertiary/aromatic N) is 1. The van der Waals surface area contributed by atoms with Crippen LogP contribution >= 0.6 is 0 Å². The third-order valence-electron chi connectivity index (χ3n) is 4.81. The number of carbonyl (C=O) groups is 2. The van der Waals surface area contributed by atoms with Crippen LogP contribution in [0.2, 0.25) is 0 Å². The van der Waals surface area contributed by atoms with Crippen molar-refractivity contribution in [3.05, 3.63) is 59.9 Å². The van der Waals surface area contributed by atoms with Gasteiger partial charge in [0.05, 0.1) is 0 Å². The van der Waals surface area contributed by atoms with Gasteiger partial charge >= 0.3 is 11.8 Å². The number of likely N-dealkylation sites (N-methyl/N-ethyl adjacent to an activating group) is 1. The summed E-state index contributed by atoms with van der Waals surface area (Å²) in [6.45, 7) is 0.787. The van der Waals surface area contributed by atoms with Crippen molar-refractivity contribution in [1.29, 1.82) is 0 Å². The fourth-order valence-corrected chi connectivity index (χ4v) is 3.39. The molecule has 1 fully saturated rings. The van der Waals surface area contributed by atoms with Crippen LogP contribution in [0, 0.1) is 5.82 Å². The van der Waals surface area contributed by atoms with Crippen molar-refractivity contribution in [2.45, 2.75) is 24.9 Å². The molecule has 2 aromatic carbocycles. The van der Waals surface area contributed by atoms with E-state index < -0.39 is 11.8 Å². The largest absolute Gasteiger partial charge is 0.343 e. The maximum Gasteiger partial charge on any atom is 0.311 e. The van der Waals surface area contributed by atoms with Gasteiger partial charge in [-0.1, -0.05) is 36.4 Å². The Labute approximate surface area is 158 Å². The summed E-state index contributed by atoms with van der Waals surface area (Å²) in [5.41, 5.74) is 2.88. The Bertz CT molecular complexity index is 838. The molecular formula is C21H24FN3O2. The number of nitrogens with one attached hydrogen (secondary N) is 2. The first kappa shape index (κ1) is 19.0. The highest BCUT2D eigenvalue weighted by Crippen LogP contribution is 2.23. The lowest BCUT2D eigenvalue weighted by molar-refractivity contribution is -0.144. The van der Waals surface area contributed by atoms with Crippen LogP contribution < -0.4 is 10.6 Å². The van der Waals surface area contributed by atoms with Crippen LogP contribution in [0.4, 0.5) is 4.39 Å². The van der Waals surface area contributed by atoms with Gasteiger partial charge in [-0.05, 0) is 48.2 Å². The minimum absolute atomic E-state index is 0.0478. The van der Waals surface area contributed by atoms with Gasteiger partial charge in [-0.2, -0.15) is 0 Å². The predicted molar refractivity (Wildman–Crippen MR) is 103 cm³/mol. The lowest BCUT2D eigenvalue weighted by Crippen LogP contribution is -2.49. The average Bonchev–Trinajstić information content (AvgIpc) is 3.07. The molecular weight excluding hydrogens is 345 g/mol.